The van der Waals surface area contributed by atoms with Crippen LogP contribution in [0, 0.1) is 0 Å². The van der Waals surface area contributed by atoms with Gasteiger partial charge in [-0.05, 0) is 0 Å². The summed E-state index contributed by atoms with van der Waals surface area (Å²) in [6, 6.07) is 0. The summed E-state index contributed by atoms with van der Waals surface area (Å²) in [6.45, 7) is -0.106. The van der Waals surface area contributed by atoms with Crippen LogP contribution < -0.4 is 0 Å². The van der Waals surface area contributed by atoms with Crippen molar-refractivity contribution in [3.8, 4) is 0 Å². The van der Waals surface area contributed by atoms with Crippen molar-refractivity contribution in [2.45, 2.75) is 0 Å². The molecule has 0 atom stereocenters. The molecule has 0 radical (unpaired) electrons. The Kier molecular flexibility index (Phi) is 4.11. The summed E-state index contributed by atoms with van der Waals surface area (Å²) >= 11 is 0. The van der Waals surface area contributed by atoms with Crippen molar-refractivity contribution in [2.75, 3.05) is 6.61 Å². The second-order valence-corrected chi connectivity index (χ2v) is 1.05. The van der Waals surface area contributed by atoms with Crippen molar-refractivity contribution in [3.05, 3.63) is 0 Å². The van der Waals surface area contributed by atoms with Crippen molar-refractivity contribution < 1.29 is 9.67 Å². The molecule has 0 amide bonds. The predicted octanol–water partition coefficient (Wildman–Crippen LogP) is 0.0726. The fourth-order valence-electron chi connectivity index (χ4n) is 0.0333. The van der Waals surface area contributed by atoms with Crippen molar-refractivity contribution in [2.24, 2.45) is 0 Å². The molecular formula is C2H4O2P+. The Labute approximate surface area is 31.3 Å². The Morgan fingerprint density at radius 1 is 2.00 bits per heavy atom. The van der Waals surface area contributed by atoms with E-state index < -0.39 is 0 Å². The molecule has 5 heavy (non-hydrogen) atoms. The van der Waals surface area contributed by atoms with E-state index >= 15 is 0 Å². The number of aliphatic hydroxyl groups excluding tert-OH is 1. The Bertz CT molecular complexity index is 54.7. The molecule has 0 aromatic carbocycles. The van der Waals surface area contributed by atoms with E-state index in [0.29, 0.717) is 0 Å². The molecule has 1 N–H and O–H groups in total. The summed E-state index contributed by atoms with van der Waals surface area (Å²) in [5.41, 5.74) is 0. The first-order valence-corrected chi connectivity index (χ1v) is 2.05. The van der Waals surface area contributed by atoms with Crippen molar-refractivity contribution in [1.29, 1.82) is 0 Å². The van der Waals surface area contributed by atoms with E-state index in [1.165, 1.54) is 5.80 Å². The summed E-state index contributed by atoms with van der Waals surface area (Å²) in [4.78, 5) is 0. The van der Waals surface area contributed by atoms with E-state index in [2.05, 4.69) is 0 Å². The molecule has 0 aromatic heterocycles. The summed E-state index contributed by atoms with van der Waals surface area (Å²) in [5, 5.41) is 7.80. The van der Waals surface area contributed by atoms with Gasteiger partial charge in [0.15, 0.2) is 0 Å². The topological polar surface area (TPSA) is 37.3 Å². The van der Waals surface area contributed by atoms with Crippen LogP contribution in [-0.2, 0) is 4.57 Å². The zero-order valence-electron chi connectivity index (χ0n) is 2.59. The normalized spacial score (nSPS) is 6.60. The van der Waals surface area contributed by atoms with Gasteiger partial charge in [0.1, 0.15) is 0 Å². The second kappa shape index (κ2) is 4.06. The summed E-state index contributed by atoms with van der Waals surface area (Å²) in [7, 11) is -0.0953. The van der Waals surface area contributed by atoms with Gasteiger partial charge in [-0.1, -0.05) is 0 Å². The average Bonchev–Trinajstić information content (AvgIpc) is 1.41. The third-order valence-electron chi connectivity index (χ3n) is 0.156. The monoisotopic (exact) mass is 91.0 g/mol. The summed E-state index contributed by atoms with van der Waals surface area (Å²) in [6.07, 6.45) is 0. The van der Waals surface area contributed by atoms with Crippen LogP contribution in [-0.4, -0.2) is 17.5 Å². The number of rotatable bonds is 1. The molecule has 0 spiro atoms. The summed E-state index contributed by atoms with van der Waals surface area (Å²) < 4.78 is 9.29. The molecule has 0 aliphatic rings. The molecule has 0 aliphatic carbocycles. The minimum atomic E-state index is -0.106. The van der Waals surface area contributed by atoms with Crippen LogP contribution in [0.3, 0.4) is 0 Å². The number of hydrogen-bond donors (Lipinski definition) is 1. The van der Waals surface area contributed by atoms with Gasteiger partial charge in [0.05, 0.1) is 0 Å². The molecule has 0 fully saturated rings. The molecule has 0 rings (SSSR count). The molecule has 2 nitrogen and oxygen atoms in total. The van der Waals surface area contributed by atoms with E-state index in [1.807, 2.05) is 0 Å². The first-order chi connectivity index (χ1) is 2.41. The van der Waals surface area contributed by atoms with Gasteiger partial charge in [0.2, 0.25) is 0 Å². The van der Waals surface area contributed by atoms with E-state index in [9.17, 15) is 4.57 Å². The van der Waals surface area contributed by atoms with Crippen LogP contribution in [0.4, 0.5) is 0 Å². The predicted molar refractivity (Wildman–Crippen MR) is 20.8 cm³/mol. The van der Waals surface area contributed by atoms with Gasteiger partial charge in [0, 0.05) is 0 Å². The van der Waals surface area contributed by atoms with Crippen LogP contribution in [0.5, 0.6) is 0 Å². The van der Waals surface area contributed by atoms with Crippen LogP contribution in [0.15, 0.2) is 0 Å². The molecule has 0 heterocycles. The maximum absolute atomic E-state index is 9.29. The Balaban J connectivity index is 2.93. The van der Waals surface area contributed by atoms with E-state index in [4.69, 9.17) is 5.11 Å². The summed E-state index contributed by atoms with van der Waals surface area (Å²) in [5.74, 6) is 1.22. The minimum absolute atomic E-state index is 0.0953. The fourth-order valence-corrected chi connectivity index (χ4v) is 0.100. The second-order valence-electron chi connectivity index (χ2n) is 0.471. The van der Waals surface area contributed by atoms with Gasteiger partial charge >= 0.3 is 30.2 Å². The van der Waals surface area contributed by atoms with Crippen LogP contribution in [0.2, 0.25) is 0 Å². The molecular weight excluding hydrogens is 87.0 g/mol. The molecule has 28 valence electrons. The van der Waals surface area contributed by atoms with E-state index in [1.54, 1.807) is 0 Å². The standard InChI is InChI=1S/C2H4O2P/c3-1-2-5-4/h2-3H,1H2/q+1. The SMILES string of the molecule is O=[P+]=CCO. The first-order valence-electron chi connectivity index (χ1n) is 1.17. The van der Waals surface area contributed by atoms with Gasteiger partial charge in [-0.3, -0.25) is 0 Å². The third kappa shape index (κ3) is 4.06. The van der Waals surface area contributed by atoms with Crippen LogP contribution in [0.1, 0.15) is 0 Å². The van der Waals surface area contributed by atoms with Gasteiger partial charge in [-0.25, -0.2) is 0 Å². The quantitative estimate of drug-likeness (QED) is 0.464. The van der Waals surface area contributed by atoms with Crippen LogP contribution >= 0.6 is 8.08 Å². The van der Waals surface area contributed by atoms with E-state index in [-0.39, 0.29) is 14.7 Å². The molecule has 0 saturated heterocycles. The van der Waals surface area contributed by atoms with Crippen molar-refractivity contribution in [1.82, 2.24) is 0 Å². The van der Waals surface area contributed by atoms with E-state index in [0.717, 1.165) is 0 Å². The molecule has 0 aromatic rings. The van der Waals surface area contributed by atoms with Gasteiger partial charge in [-0.15, -0.1) is 0 Å². The molecule has 0 bridgehead atoms. The van der Waals surface area contributed by atoms with Gasteiger partial charge in [0.25, 0.3) is 0 Å². The zero-order chi connectivity index (χ0) is 4.12. The Morgan fingerprint density at radius 3 is 2.60 bits per heavy atom. The molecule has 3 heteroatoms. The fraction of sp³-hybridized carbons (Fsp3) is 0.500. The Hall–Kier alpha value is 0.0600. The average molecular weight is 91.0 g/mol. The first kappa shape index (κ1) is 5.06. The zero-order valence-corrected chi connectivity index (χ0v) is 3.48. The van der Waals surface area contributed by atoms with Gasteiger partial charge < -0.3 is 0 Å². The van der Waals surface area contributed by atoms with Crippen molar-refractivity contribution in [3.63, 3.8) is 0 Å². The molecule has 0 saturated carbocycles. The number of hydrogen-bond acceptors (Lipinski definition) is 2. The van der Waals surface area contributed by atoms with Crippen LogP contribution in [0.25, 0.3) is 0 Å². The molecule has 0 aliphatic heterocycles. The maximum atomic E-state index is 9.29. The third-order valence-corrected chi connectivity index (χ3v) is 0.469. The van der Waals surface area contributed by atoms with Gasteiger partial charge in [-0.2, -0.15) is 0 Å². The van der Waals surface area contributed by atoms with Crippen molar-refractivity contribution >= 4 is 13.9 Å². The number of aliphatic hydroxyl groups is 1. The molecule has 0 unspecified atom stereocenters. The Morgan fingerprint density at radius 2 is 2.60 bits per heavy atom.